The number of rotatable bonds is 3. The van der Waals surface area contributed by atoms with E-state index in [0.717, 1.165) is 15.1 Å². The fourth-order valence-electron chi connectivity index (χ4n) is 2.23. The predicted molar refractivity (Wildman–Crippen MR) is 86.2 cm³/mol. The predicted octanol–water partition coefficient (Wildman–Crippen LogP) is 3.95. The van der Waals surface area contributed by atoms with Gasteiger partial charge in [-0.25, -0.2) is 9.37 Å². The second kappa shape index (κ2) is 5.29. The Kier molecular flexibility index (Phi) is 3.47. The summed E-state index contributed by atoms with van der Waals surface area (Å²) in [6.07, 6.45) is 0. The third kappa shape index (κ3) is 2.42. The Hall–Kier alpha value is -2.21. The average molecular weight is 302 g/mol. The topological polar surface area (TPSA) is 41.1 Å². The normalized spacial score (nSPS) is 10.9. The monoisotopic (exact) mass is 302 g/mol. The lowest BCUT2D eigenvalue weighted by atomic mass is 10.2. The fourth-order valence-corrected chi connectivity index (χ4v) is 3.11. The SMILES string of the molecule is CNc1nc(N(C)c2ccccc2F)c2cc(C)sc2n1. The minimum atomic E-state index is -0.273. The van der Waals surface area contributed by atoms with E-state index in [1.807, 2.05) is 26.1 Å². The van der Waals surface area contributed by atoms with Gasteiger partial charge in [0.1, 0.15) is 16.5 Å². The Labute approximate surface area is 126 Å². The van der Waals surface area contributed by atoms with Gasteiger partial charge in [-0.1, -0.05) is 12.1 Å². The second-order valence-corrected chi connectivity index (χ2v) is 5.94. The van der Waals surface area contributed by atoms with Crippen LogP contribution in [-0.2, 0) is 0 Å². The molecular weight excluding hydrogens is 287 g/mol. The van der Waals surface area contributed by atoms with Crippen LogP contribution in [0, 0.1) is 12.7 Å². The molecule has 108 valence electrons. The Morgan fingerprint density at radius 3 is 2.71 bits per heavy atom. The number of hydrogen-bond donors (Lipinski definition) is 1. The molecule has 0 atom stereocenters. The number of aryl methyl sites for hydroxylation is 1. The Balaban J connectivity index is 2.21. The molecule has 0 amide bonds. The van der Waals surface area contributed by atoms with Crippen LogP contribution >= 0.6 is 11.3 Å². The minimum Gasteiger partial charge on any atom is -0.357 e. The summed E-state index contributed by atoms with van der Waals surface area (Å²) in [5.41, 5.74) is 0.489. The maximum Gasteiger partial charge on any atom is 0.225 e. The van der Waals surface area contributed by atoms with Gasteiger partial charge in [0.15, 0.2) is 0 Å². The third-order valence-corrected chi connectivity index (χ3v) is 4.20. The largest absolute Gasteiger partial charge is 0.357 e. The summed E-state index contributed by atoms with van der Waals surface area (Å²) in [6, 6.07) is 8.71. The Morgan fingerprint density at radius 1 is 1.24 bits per heavy atom. The lowest BCUT2D eigenvalue weighted by Crippen LogP contribution is -2.14. The number of benzene rings is 1. The van der Waals surface area contributed by atoms with E-state index in [-0.39, 0.29) is 5.82 Å². The molecule has 0 aliphatic carbocycles. The number of aromatic nitrogens is 2. The molecule has 0 aliphatic heterocycles. The number of halogens is 1. The summed E-state index contributed by atoms with van der Waals surface area (Å²) in [4.78, 5) is 12.7. The first-order valence-electron chi connectivity index (χ1n) is 6.54. The molecule has 1 N–H and O–H groups in total. The van der Waals surface area contributed by atoms with Crippen LogP contribution in [-0.4, -0.2) is 24.1 Å². The number of para-hydroxylation sites is 1. The van der Waals surface area contributed by atoms with E-state index in [0.29, 0.717) is 17.5 Å². The number of anilines is 3. The third-order valence-electron chi connectivity index (χ3n) is 3.25. The van der Waals surface area contributed by atoms with Gasteiger partial charge in [-0.2, -0.15) is 4.98 Å². The van der Waals surface area contributed by atoms with Crippen LogP contribution in [0.5, 0.6) is 0 Å². The van der Waals surface area contributed by atoms with Gasteiger partial charge < -0.3 is 10.2 Å². The van der Waals surface area contributed by atoms with Crippen molar-refractivity contribution in [1.29, 1.82) is 0 Å². The highest BCUT2D eigenvalue weighted by atomic mass is 32.1. The number of nitrogens with zero attached hydrogens (tertiary/aromatic N) is 3. The maximum atomic E-state index is 14.0. The highest BCUT2D eigenvalue weighted by Gasteiger charge is 2.16. The van der Waals surface area contributed by atoms with E-state index in [9.17, 15) is 4.39 Å². The molecule has 3 rings (SSSR count). The van der Waals surface area contributed by atoms with Gasteiger partial charge in [0.05, 0.1) is 11.1 Å². The van der Waals surface area contributed by atoms with Crippen molar-refractivity contribution in [1.82, 2.24) is 9.97 Å². The smallest absolute Gasteiger partial charge is 0.225 e. The van der Waals surface area contributed by atoms with Crippen molar-refractivity contribution in [3.63, 3.8) is 0 Å². The maximum absolute atomic E-state index is 14.0. The average Bonchev–Trinajstić information content (AvgIpc) is 2.86. The summed E-state index contributed by atoms with van der Waals surface area (Å²) in [5.74, 6) is 0.950. The van der Waals surface area contributed by atoms with E-state index in [2.05, 4.69) is 15.3 Å². The van der Waals surface area contributed by atoms with E-state index >= 15 is 0 Å². The summed E-state index contributed by atoms with van der Waals surface area (Å²) in [5, 5.41) is 3.89. The summed E-state index contributed by atoms with van der Waals surface area (Å²) < 4.78 is 14.0. The zero-order valence-corrected chi connectivity index (χ0v) is 12.8. The van der Waals surface area contributed by atoms with Gasteiger partial charge in [-0.15, -0.1) is 11.3 Å². The van der Waals surface area contributed by atoms with Crippen molar-refractivity contribution in [2.45, 2.75) is 6.92 Å². The molecule has 0 radical (unpaired) electrons. The molecule has 0 saturated carbocycles. The van der Waals surface area contributed by atoms with E-state index in [4.69, 9.17) is 0 Å². The molecule has 0 spiro atoms. The van der Waals surface area contributed by atoms with Crippen molar-refractivity contribution in [2.75, 3.05) is 24.3 Å². The van der Waals surface area contributed by atoms with Crippen molar-refractivity contribution >= 4 is 39.0 Å². The van der Waals surface area contributed by atoms with Crippen LogP contribution in [0.2, 0.25) is 0 Å². The highest BCUT2D eigenvalue weighted by Crippen LogP contribution is 2.34. The Morgan fingerprint density at radius 2 is 2.00 bits per heavy atom. The van der Waals surface area contributed by atoms with E-state index in [1.54, 1.807) is 35.4 Å². The number of hydrogen-bond acceptors (Lipinski definition) is 5. The minimum absolute atomic E-state index is 0.273. The molecule has 0 bridgehead atoms. The van der Waals surface area contributed by atoms with Crippen LogP contribution in [0.15, 0.2) is 30.3 Å². The first-order valence-corrected chi connectivity index (χ1v) is 7.36. The number of fused-ring (bicyclic) bond motifs is 1. The molecule has 0 saturated heterocycles. The van der Waals surface area contributed by atoms with Crippen molar-refractivity contribution in [3.05, 3.63) is 41.0 Å². The lowest BCUT2D eigenvalue weighted by Gasteiger charge is -2.20. The summed E-state index contributed by atoms with van der Waals surface area (Å²) >= 11 is 1.60. The van der Waals surface area contributed by atoms with Crippen LogP contribution in [0.4, 0.5) is 21.8 Å². The molecule has 1 aromatic carbocycles. The quantitative estimate of drug-likeness (QED) is 0.795. The first-order chi connectivity index (χ1) is 10.1. The van der Waals surface area contributed by atoms with Crippen molar-refractivity contribution in [2.24, 2.45) is 0 Å². The summed E-state index contributed by atoms with van der Waals surface area (Å²) in [7, 11) is 3.58. The van der Waals surface area contributed by atoms with Crippen LogP contribution < -0.4 is 10.2 Å². The van der Waals surface area contributed by atoms with Crippen molar-refractivity contribution < 1.29 is 4.39 Å². The van der Waals surface area contributed by atoms with Gasteiger partial charge in [-0.05, 0) is 25.1 Å². The van der Waals surface area contributed by atoms with Crippen LogP contribution in [0.3, 0.4) is 0 Å². The first kappa shape index (κ1) is 13.8. The molecule has 3 aromatic rings. The standard InChI is InChI=1S/C15H15FN4S/c1-9-8-10-13(18-15(17-2)19-14(10)21-9)20(3)12-7-5-4-6-11(12)16/h4-8H,1-3H3,(H,17,18,19). The van der Waals surface area contributed by atoms with Gasteiger partial charge >= 0.3 is 0 Å². The molecule has 0 fully saturated rings. The second-order valence-electron chi connectivity index (χ2n) is 4.71. The van der Waals surface area contributed by atoms with Gasteiger partial charge in [0, 0.05) is 19.0 Å². The number of nitrogens with one attached hydrogen (secondary N) is 1. The molecule has 6 heteroatoms. The van der Waals surface area contributed by atoms with Gasteiger partial charge in [-0.3, -0.25) is 0 Å². The van der Waals surface area contributed by atoms with Gasteiger partial charge in [0.25, 0.3) is 0 Å². The zero-order chi connectivity index (χ0) is 15.0. The van der Waals surface area contributed by atoms with Crippen molar-refractivity contribution in [3.8, 4) is 0 Å². The summed E-state index contributed by atoms with van der Waals surface area (Å²) in [6.45, 7) is 2.03. The Bertz CT molecular complexity index is 799. The van der Waals surface area contributed by atoms with Gasteiger partial charge in [0.2, 0.25) is 5.95 Å². The molecule has 4 nitrogen and oxygen atoms in total. The highest BCUT2D eigenvalue weighted by molar-refractivity contribution is 7.18. The molecule has 0 aliphatic rings. The van der Waals surface area contributed by atoms with Crippen LogP contribution in [0.25, 0.3) is 10.2 Å². The molecule has 2 heterocycles. The molecule has 21 heavy (non-hydrogen) atoms. The van der Waals surface area contributed by atoms with E-state index in [1.165, 1.54) is 6.07 Å². The molecular formula is C15H15FN4S. The van der Waals surface area contributed by atoms with E-state index < -0.39 is 0 Å². The molecule has 2 aromatic heterocycles. The molecule has 0 unspecified atom stereocenters. The van der Waals surface area contributed by atoms with Crippen LogP contribution in [0.1, 0.15) is 4.88 Å². The lowest BCUT2D eigenvalue weighted by molar-refractivity contribution is 0.627. The fraction of sp³-hybridized carbons (Fsp3) is 0.200. The zero-order valence-electron chi connectivity index (χ0n) is 12.0. The number of thiophene rings is 1.